The zero-order valence-electron chi connectivity index (χ0n) is 42.3. The third kappa shape index (κ3) is 8.65. The molecule has 2 saturated heterocycles. The van der Waals surface area contributed by atoms with Crippen molar-refractivity contribution >= 4 is 29.5 Å². The van der Waals surface area contributed by atoms with Crippen molar-refractivity contribution in [2.45, 2.75) is 99.7 Å². The Bertz CT molecular complexity index is 3210. The van der Waals surface area contributed by atoms with E-state index in [9.17, 15) is 10.2 Å². The molecule has 13 nitrogen and oxygen atoms in total. The van der Waals surface area contributed by atoms with E-state index in [1.165, 1.54) is 12.1 Å². The largest absolute Gasteiger partial charge is 0.508 e. The minimum Gasteiger partial charge on any atom is -0.508 e. The van der Waals surface area contributed by atoms with Gasteiger partial charge in [-0.25, -0.2) is 9.69 Å². The van der Waals surface area contributed by atoms with Crippen LogP contribution in [0.1, 0.15) is 114 Å². The summed E-state index contributed by atoms with van der Waals surface area (Å²) in [6, 6.07) is 39.4. The number of aliphatic hydroxyl groups is 1. The lowest BCUT2D eigenvalue weighted by atomic mass is 9.64. The first-order valence-corrected chi connectivity index (χ1v) is 25.9. The molecule has 6 aromatic carbocycles. The zero-order chi connectivity index (χ0) is 52.0. The molecule has 4 heterocycles. The third-order valence-electron chi connectivity index (χ3n) is 16.2. The number of urea groups is 1. The van der Waals surface area contributed by atoms with E-state index in [2.05, 4.69) is 17.2 Å². The van der Waals surface area contributed by atoms with Gasteiger partial charge in [0.1, 0.15) is 28.9 Å². The van der Waals surface area contributed by atoms with Crippen LogP contribution in [0.25, 0.3) is 0 Å². The summed E-state index contributed by atoms with van der Waals surface area (Å²) in [5.41, 5.74) is 2.27. The summed E-state index contributed by atoms with van der Waals surface area (Å²) < 4.78 is 18.1. The van der Waals surface area contributed by atoms with Gasteiger partial charge in [-0.1, -0.05) is 128 Å². The van der Waals surface area contributed by atoms with Gasteiger partial charge in [0.05, 0.1) is 44.0 Å². The monoisotopic (exact) mass is 1000 g/mol. The van der Waals surface area contributed by atoms with Crippen LogP contribution in [0.3, 0.4) is 0 Å². The van der Waals surface area contributed by atoms with E-state index in [1.807, 2.05) is 115 Å². The fourth-order valence-electron chi connectivity index (χ4n) is 12.6. The molecule has 7 atom stereocenters. The maximum atomic E-state index is 17.0. The molecule has 1 aliphatic carbocycles. The number of hydrogen-bond acceptors (Lipinski definition) is 10. The van der Waals surface area contributed by atoms with Crippen LogP contribution in [-0.4, -0.2) is 76.2 Å². The minimum absolute atomic E-state index is 0.0307. The first kappa shape index (κ1) is 49.3. The van der Waals surface area contributed by atoms with Gasteiger partial charge < -0.3 is 34.6 Å². The van der Waals surface area contributed by atoms with Crippen LogP contribution in [0.5, 0.6) is 17.2 Å². The average molecular weight is 1010 g/mol. The van der Waals surface area contributed by atoms with Crippen molar-refractivity contribution in [2.24, 2.45) is 5.92 Å². The number of anilines is 1. The second kappa shape index (κ2) is 20.1. The van der Waals surface area contributed by atoms with Crippen molar-refractivity contribution in [1.29, 1.82) is 0 Å². The van der Waals surface area contributed by atoms with Gasteiger partial charge >= 0.3 is 12.0 Å². The third-order valence-corrected chi connectivity index (χ3v) is 16.2. The fourth-order valence-corrected chi connectivity index (χ4v) is 12.6. The Balaban J connectivity index is 1.18. The van der Waals surface area contributed by atoms with Gasteiger partial charge in [-0.2, -0.15) is 0 Å². The molecule has 13 heteroatoms. The Morgan fingerprint density at radius 3 is 2.03 bits per heavy atom. The first-order chi connectivity index (χ1) is 36.4. The summed E-state index contributed by atoms with van der Waals surface area (Å²) in [4.78, 5) is 69.5. The number of morpholine rings is 1. The number of methoxy groups -OCH3 is 2. The van der Waals surface area contributed by atoms with E-state index in [0.717, 1.165) is 52.8 Å². The quantitative estimate of drug-likeness (QED) is 0.0762. The van der Waals surface area contributed by atoms with Crippen LogP contribution < -0.4 is 19.7 Å². The number of carbonyl (C=O) groups is 4. The molecule has 1 saturated carbocycles. The average Bonchev–Trinajstić information content (AvgIpc) is 3.87. The highest BCUT2D eigenvalue weighted by molar-refractivity contribution is 6.24. The number of hydrogen-bond donors (Lipinski definition) is 3. The molecule has 3 fully saturated rings. The molecule has 0 radical (unpaired) electrons. The normalized spacial score (nSPS) is 24.1. The number of phenolic OH excluding ortho intramolecular Hbond substituents is 1. The Labute approximate surface area is 437 Å². The van der Waals surface area contributed by atoms with Crippen LogP contribution in [0.2, 0.25) is 0 Å². The Morgan fingerprint density at radius 1 is 0.747 bits per heavy atom. The SMILES string of the molecule is COc1cc2c(cc1OC)CN(C(=O)[C@H]1[C@@H]3C(=O)O[C@@H](c4ccccc4)[C@@H](c4ccccc4)N3[C@@H](c3ccc(O)cc3)[C@]13C(=O)N(C(=O)N[C@H](C)c1ccccc1)c1ccc(C#CC4(O)CCCCCC4)cc13)CC2. The van der Waals surface area contributed by atoms with Crippen molar-refractivity contribution in [3.05, 3.63) is 190 Å². The summed E-state index contributed by atoms with van der Waals surface area (Å²) in [6.45, 7) is 2.19. The summed E-state index contributed by atoms with van der Waals surface area (Å²) in [5.74, 6) is 4.08. The molecule has 5 aliphatic rings. The lowest BCUT2D eigenvalue weighted by Gasteiger charge is -2.46. The Morgan fingerprint density at radius 2 is 1.37 bits per heavy atom. The van der Waals surface area contributed by atoms with E-state index in [4.69, 9.17) is 14.2 Å². The molecule has 0 unspecified atom stereocenters. The van der Waals surface area contributed by atoms with E-state index < -0.39 is 71.0 Å². The van der Waals surface area contributed by atoms with Crippen LogP contribution in [0.15, 0.2) is 146 Å². The number of nitrogens with zero attached hydrogens (tertiary/aromatic N) is 3. The second-order valence-electron chi connectivity index (χ2n) is 20.5. The topological polar surface area (TPSA) is 158 Å². The van der Waals surface area contributed by atoms with Crippen molar-refractivity contribution in [1.82, 2.24) is 15.1 Å². The highest BCUT2D eigenvalue weighted by Crippen LogP contribution is 2.66. The lowest BCUT2D eigenvalue weighted by Crippen LogP contribution is -2.57. The molecule has 6 aromatic rings. The summed E-state index contributed by atoms with van der Waals surface area (Å²) in [6.07, 6.45) is 4.20. The predicted molar refractivity (Wildman–Crippen MR) is 282 cm³/mol. The molecule has 0 aromatic heterocycles. The summed E-state index contributed by atoms with van der Waals surface area (Å²) in [5, 5.41) is 25.9. The smallest absolute Gasteiger partial charge is 0.329 e. The van der Waals surface area contributed by atoms with Crippen LogP contribution in [-0.2, 0) is 37.5 Å². The highest BCUT2D eigenvalue weighted by Gasteiger charge is 2.76. The molecule has 4 aliphatic heterocycles. The van der Waals surface area contributed by atoms with Gasteiger partial charge in [0.15, 0.2) is 11.5 Å². The first-order valence-electron chi connectivity index (χ1n) is 25.9. The molecule has 1 spiro atoms. The van der Waals surface area contributed by atoms with Gasteiger partial charge in [0.25, 0.3) is 0 Å². The number of ether oxygens (including phenoxy) is 3. The van der Waals surface area contributed by atoms with E-state index in [1.54, 1.807) is 49.5 Å². The number of imide groups is 1. The van der Waals surface area contributed by atoms with Crippen LogP contribution in [0.4, 0.5) is 10.5 Å². The van der Waals surface area contributed by atoms with Crippen LogP contribution >= 0.6 is 0 Å². The summed E-state index contributed by atoms with van der Waals surface area (Å²) >= 11 is 0. The maximum Gasteiger partial charge on any atom is 0.329 e. The van der Waals surface area contributed by atoms with Gasteiger partial charge in [-0.15, -0.1) is 0 Å². The number of nitrogens with one attached hydrogen (secondary N) is 1. The number of cyclic esters (lactones) is 1. The van der Waals surface area contributed by atoms with E-state index >= 15 is 19.2 Å². The van der Waals surface area contributed by atoms with Crippen molar-refractivity contribution in [3.63, 3.8) is 0 Å². The number of benzene rings is 6. The van der Waals surface area contributed by atoms with Gasteiger partial charge in [0.2, 0.25) is 11.8 Å². The molecule has 4 amide bonds. The number of carbonyl (C=O) groups excluding carboxylic acids is 4. The number of esters is 1. The number of phenols is 1. The molecule has 3 N–H and O–H groups in total. The Hall–Kier alpha value is -7.92. The molecule has 0 bridgehead atoms. The number of aromatic hydroxyl groups is 1. The lowest BCUT2D eigenvalue weighted by molar-refractivity contribution is -0.179. The molecular weight excluding hydrogens is 945 g/mol. The molecule has 382 valence electrons. The van der Waals surface area contributed by atoms with Crippen LogP contribution in [0, 0.1) is 17.8 Å². The minimum atomic E-state index is -2.05. The number of amides is 4. The van der Waals surface area contributed by atoms with E-state index in [-0.39, 0.29) is 24.5 Å². The maximum absolute atomic E-state index is 17.0. The predicted octanol–water partition coefficient (Wildman–Crippen LogP) is 9.57. The highest BCUT2D eigenvalue weighted by atomic mass is 16.6. The van der Waals surface area contributed by atoms with Gasteiger partial charge in [0, 0.05) is 18.7 Å². The number of rotatable bonds is 8. The zero-order valence-corrected chi connectivity index (χ0v) is 42.3. The Kier molecular flexibility index (Phi) is 13.2. The number of fused-ring (bicyclic) bond motifs is 4. The second-order valence-corrected chi connectivity index (χ2v) is 20.5. The van der Waals surface area contributed by atoms with E-state index in [0.29, 0.717) is 53.0 Å². The van der Waals surface area contributed by atoms with Crippen molar-refractivity contribution < 1.29 is 43.6 Å². The van der Waals surface area contributed by atoms with Crippen molar-refractivity contribution in [3.8, 4) is 29.1 Å². The molecule has 11 rings (SSSR count). The fraction of sp³-hybridized carbons (Fsp3) is 0.323. The van der Waals surface area contributed by atoms with Gasteiger partial charge in [-0.05, 0) is 120 Å². The molecule has 75 heavy (non-hydrogen) atoms. The summed E-state index contributed by atoms with van der Waals surface area (Å²) in [7, 11) is 3.13. The molecular formula is C62H60N4O9. The standard InChI is InChI=1S/C62H60N4O9/c1-39(41-17-9-6-10-18-41)63-60(71)65-49-28-23-40(29-33-61(72)31-15-4-5-16-32-61)35-48(49)62(59(65)70)52(57(68)64-34-30-45-36-50(73-2)51(74-3)37-46(45)38-64)54-58(69)75-55(43-21-13-8-14-22-43)53(42-19-11-7-12-20-42)66(54)56(62)44-24-26-47(67)27-25-44/h6-14,17-28,35-37,39,52-56,67,72H,4-5,15-16,30-32,34,38H2,1-3H3,(H,63,71)/t39-,52-,53-,54-,55+,56+,62-/m1/s1. The van der Waals surface area contributed by atoms with Crippen molar-refractivity contribution in [2.75, 3.05) is 25.7 Å². The van der Waals surface area contributed by atoms with Gasteiger partial charge in [-0.3, -0.25) is 19.3 Å².